The van der Waals surface area contributed by atoms with Gasteiger partial charge >= 0.3 is 0 Å². The van der Waals surface area contributed by atoms with Crippen LogP contribution < -0.4 is 9.80 Å². The fourth-order valence-corrected chi connectivity index (χ4v) is 3.52. The van der Waals surface area contributed by atoms with Gasteiger partial charge in [-0.15, -0.1) is 0 Å². The van der Waals surface area contributed by atoms with Gasteiger partial charge in [0.25, 0.3) is 0 Å². The van der Waals surface area contributed by atoms with Gasteiger partial charge in [-0.2, -0.15) is 9.97 Å². The van der Waals surface area contributed by atoms with Crippen LogP contribution in [-0.4, -0.2) is 66.6 Å². The summed E-state index contributed by atoms with van der Waals surface area (Å²) in [4.78, 5) is 18.5. The van der Waals surface area contributed by atoms with Gasteiger partial charge in [0.2, 0.25) is 5.95 Å². The maximum absolute atomic E-state index is 6.11. The molecule has 0 bridgehead atoms. The van der Waals surface area contributed by atoms with Crippen molar-refractivity contribution >= 4 is 34.4 Å². The van der Waals surface area contributed by atoms with Gasteiger partial charge in [0.15, 0.2) is 5.65 Å². The molecule has 0 amide bonds. The van der Waals surface area contributed by atoms with Crippen molar-refractivity contribution in [3.05, 3.63) is 17.3 Å². The van der Waals surface area contributed by atoms with Crippen molar-refractivity contribution in [2.75, 3.05) is 49.3 Å². The largest absolute Gasteiger partial charge is 0.377 e. The first kappa shape index (κ1) is 16.8. The van der Waals surface area contributed by atoms with Crippen LogP contribution in [0.3, 0.4) is 0 Å². The summed E-state index contributed by atoms with van der Waals surface area (Å²) in [6.45, 7) is 8.57. The highest BCUT2D eigenvalue weighted by atomic mass is 35.5. The first-order valence-electron chi connectivity index (χ1n) is 8.66. The Labute approximate surface area is 151 Å². The van der Waals surface area contributed by atoms with Crippen molar-refractivity contribution in [1.82, 2.24) is 15.0 Å². The molecule has 0 aromatic carbocycles. The smallest absolute Gasteiger partial charge is 0.229 e. The van der Waals surface area contributed by atoms with E-state index in [1.807, 2.05) is 6.07 Å². The van der Waals surface area contributed by atoms with E-state index < -0.39 is 0 Å². The molecule has 4 rings (SSSR count). The lowest BCUT2D eigenvalue weighted by atomic mass is 10.2. The zero-order valence-corrected chi connectivity index (χ0v) is 15.2. The molecule has 2 fully saturated rings. The van der Waals surface area contributed by atoms with Gasteiger partial charge in [-0.25, -0.2) is 4.98 Å². The lowest BCUT2D eigenvalue weighted by Crippen LogP contribution is -2.46. The summed E-state index contributed by atoms with van der Waals surface area (Å²) in [6, 6.07) is 4.21. The average Bonchev–Trinajstić information content (AvgIpc) is 2.61. The Kier molecular flexibility index (Phi) is 4.62. The number of halogens is 1. The monoisotopic (exact) mass is 363 g/mol. The second-order valence-corrected chi connectivity index (χ2v) is 6.97. The molecule has 134 valence electrons. The number of anilines is 2. The molecule has 2 aromatic rings. The number of fused-ring (bicyclic) bond motifs is 1. The predicted molar refractivity (Wildman–Crippen MR) is 97.6 cm³/mol. The maximum Gasteiger partial charge on any atom is 0.229 e. The Morgan fingerprint density at radius 1 is 0.960 bits per heavy atom. The lowest BCUT2D eigenvalue weighted by molar-refractivity contribution is 0.0973. The summed E-state index contributed by atoms with van der Waals surface area (Å²) in [7, 11) is 0. The van der Waals surface area contributed by atoms with Crippen molar-refractivity contribution < 1.29 is 9.47 Å². The number of hydrogen-bond acceptors (Lipinski definition) is 7. The molecule has 2 aliphatic heterocycles. The fraction of sp³-hybridized carbons (Fsp3) is 0.588. The Bertz CT molecular complexity index is 774. The number of aromatic nitrogens is 3. The minimum absolute atomic E-state index is 0.223. The number of rotatable bonds is 2. The zero-order valence-electron chi connectivity index (χ0n) is 14.5. The van der Waals surface area contributed by atoms with Crippen LogP contribution in [-0.2, 0) is 9.47 Å². The first-order valence-corrected chi connectivity index (χ1v) is 9.04. The molecule has 25 heavy (non-hydrogen) atoms. The van der Waals surface area contributed by atoms with Gasteiger partial charge in [-0.05, 0) is 26.0 Å². The van der Waals surface area contributed by atoms with Crippen molar-refractivity contribution in [3.63, 3.8) is 0 Å². The average molecular weight is 364 g/mol. The van der Waals surface area contributed by atoms with Crippen molar-refractivity contribution in [3.8, 4) is 0 Å². The normalized spacial score (nSPS) is 24.8. The van der Waals surface area contributed by atoms with Crippen LogP contribution in [0.1, 0.15) is 13.8 Å². The van der Waals surface area contributed by atoms with E-state index >= 15 is 0 Å². The molecular formula is C17H22ClN5O2. The molecule has 0 radical (unpaired) electrons. The summed E-state index contributed by atoms with van der Waals surface area (Å²) in [5.74, 6) is 1.59. The predicted octanol–water partition coefficient (Wildman–Crippen LogP) is 2.13. The van der Waals surface area contributed by atoms with E-state index in [2.05, 4.69) is 28.6 Å². The van der Waals surface area contributed by atoms with Crippen molar-refractivity contribution in [2.24, 2.45) is 0 Å². The zero-order chi connectivity index (χ0) is 17.4. The van der Waals surface area contributed by atoms with E-state index in [0.29, 0.717) is 43.2 Å². The summed E-state index contributed by atoms with van der Waals surface area (Å²) in [6.07, 6.45) is 0. The number of ether oxygens (including phenoxy) is 2. The van der Waals surface area contributed by atoms with Crippen molar-refractivity contribution in [1.29, 1.82) is 0 Å². The number of pyridine rings is 1. The molecule has 1 unspecified atom stereocenters. The molecule has 2 aliphatic rings. The first-order chi connectivity index (χ1) is 12.1. The van der Waals surface area contributed by atoms with Crippen LogP contribution in [0.4, 0.5) is 11.8 Å². The molecule has 0 spiro atoms. The highest BCUT2D eigenvalue weighted by Crippen LogP contribution is 2.30. The van der Waals surface area contributed by atoms with Gasteiger partial charge in [0.05, 0.1) is 43.9 Å². The van der Waals surface area contributed by atoms with Gasteiger partial charge < -0.3 is 19.3 Å². The van der Waals surface area contributed by atoms with Crippen LogP contribution in [0.25, 0.3) is 11.0 Å². The van der Waals surface area contributed by atoms with Crippen LogP contribution in [0.5, 0.6) is 0 Å². The molecule has 0 aliphatic carbocycles. The molecule has 2 aromatic heterocycles. The number of morpholine rings is 2. The van der Waals surface area contributed by atoms with Crippen LogP contribution in [0.2, 0.25) is 5.15 Å². The SMILES string of the molecule is CC1COCCN1c1nc(N2CCOC[C@@H]2C)c2ccc(Cl)nc2n1. The quantitative estimate of drug-likeness (QED) is 0.757. The molecule has 0 N–H and O–H groups in total. The summed E-state index contributed by atoms with van der Waals surface area (Å²) in [5, 5.41) is 1.36. The van der Waals surface area contributed by atoms with E-state index in [0.717, 1.165) is 24.3 Å². The van der Waals surface area contributed by atoms with Crippen LogP contribution in [0, 0.1) is 0 Å². The van der Waals surface area contributed by atoms with Crippen LogP contribution >= 0.6 is 11.6 Å². The van der Waals surface area contributed by atoms with Gasteiger partial charge in [-0.3, -0.25) is 0 Å². The molecule has 8 heteroatoms. The van der Waals surface area contributed by atoms with Gasteiger partial charge in [0.1, 0.15) is 11.0 Å². The summed E-state index contributed by atoms with van der Waals surface area (Å²) < 4.78 is 11.1. The van der Waals surface area contributed by atoms with Gasteiger partial charge in [0, 0.05) is 13.1 Å². The Balaban J connectivity index is 1.84. The summed E-state index contributed by atoms with van der Waals surface area (Å²) in [5.41, 5.74) is 0.630. The molecule has 0 saturated carbocycles. The molecule has 7 nitrogen and oxygen atoms in total. The topological polar surface area (TPSA) is 63.6 Å². The Morgan fingerprint density at radius 3 is 2.32 bits per heavy atom. The Hall–Kier alpha value is -1.70. The van der Waals surface area contributed by atoms with E-state index in [4.69, 9.17) is 31.0 Å². The summed E-state index contributed by atoms with van der Waals surface area (Å²) >= 11 is 6.11. The van der Waals surface area contributed by atoms with Crippen LogP contribution in [0.15, 0.2) is 12.1 Å². The lowest BCUT2D eigenvalue weighted by Gasteiger charge is -2.37. The van der Waals surface area contributed by atoms with Crippen molar-refractivity contribution in [2.45, 2.75) is 25.9 Å². The highest BCUT2D eigenvalue weighted by molar-refractivity contribution is 6.29. The van der Waals surface area contributed by atoms with E-state index in [1.165, 1.54) is 0 Å². The third kappa shape index (κ3) is 3.23. The molecule has 2 atom stereocenters. The third-order valence-electron chi connectivity index (χ3n) is 4.76. The molecule has 2 saturated heterocycles. The van der Waals surface area contributed by atoms with Gasteiger partial charge in [-0.1, -0.05) is 11.6 Å². The minimum atomic E-state index is 0.223. The second-order valence-electron chi connectivity index (χ2n) is 6.59. The van der Waals surface area contributed by atoms with E-state index in [-0.39, 0.29) is 12.1 Å². The standard InChI is InChI=1S/C17H22ClN5O2/c1-11-9-24-7-5-22(11)16-13-3-4-14(18)19-15(13)20-17(21-16)23-6-8-25-10-12(23)2/h3-4,11-12H,5-10H2,1-2H3/t11-,12?/m0/s1. The van der Waals surface area contributed by atoms with E-state index in [1.54, 1.807) is 6.07 Å². The maximum atomic E-state index is 6.11. The number of hydrogen-bond donors (Lipinski definition) is 0. The minimum Gasteiger partial charge on any atom is -0.377 e. The molecular weight excluding hydrogens is 342 g/mol. The highest BCUT2D eigenvalue weighted by Gasteiger charge is 2.27. The fourth-order valence-electron chi connectivity index (χ4n) is 3.37. The number of nitrogens with zero attached hydrogens (tertiary/aromatic N) is 5. The Morgan fingerprint density at radius 2 is 1.64 bits per heavy atom. The third-order valence-corrected chi connectivity index (χ3v) is 4.97. The molecule has 4 heterocycles. The van der Waals surface area contributed by atoms with E-state index in [9.17, 15) is 0 Å². The second kappa shape index (κ2) is 6.90.